The van der Waals surface area contributed by atoms with E-state index in [1.54, 1.807) is 11.8 Å². The number of benzene rings is 2. The molecule has 0 radical (unpaired) electrons. The number of carbonyl (C=O) groups excluding carboxylic acids is 1. The number of piperidine rings is 1. The van der Waals surface area contributed by atoms with E-state index in [4.69, 9.17) is 4.99 Å². The third-order valence-corrected chi connectivity index (χ3v) is 7.61. The second-order valence-corrected chi connectivity index (χ2v) is 9.55. The zero-order valence-electron chi connectivity index (χ0n) is 16.9. The number of hydrogen-bond donors (Lipinski definition) is 0. The second-order valence-electron chi connectivity index (χ2n) is 8.47. The van der Waals surface area contributed by atoms with Gasteiger partial charge in [0.15, 0.2) is 0 Å². The van der Waals surface area contributed by atoms with Crippen LogP contribution < -0.4 is 0 Å². The Morgan fingerprint density at radius 1 is 0.897 bits per heavy atom. The van der Waals surface area contributed by atoms with Gasteiger partial charge in [0, 0.05) is 39.9 Å². The molecule has 1 aliphatic carbocycles. The summed E-state index contributed by atoms with van der Waals surface area (Å²) >= 11 is 1.79. The number of amides is 1. The van der Waals surface area contributed by atoms with Crippen molar-refractivity contribution in [1.29, 1.82) is 0 Å². The molecule has 2 aromatic carbocycles. The molecule has 1 amide bonds. The van der Waals surface area contributed by atoms with Gasteiger partial charge in [-0.05, 0) is 56.4 Å². The van der Waals surface area contributed by atoms with Crippen LogP contribution in [0.1, 0.15) is 67.3 Å². The molecule has 29 heavy (non-hydrogen) atoms. The molecule has 0 bridgehead atoms. The Labute approximate surface area is 177 Å². The molecule has 3 aliphatic rings. The first-order valence-corrected chi connectivity index (χ1v) is 11.9. The highest BCUT2D eigenvalue weighted by molar-refractivity contribution is 7.99. The molecule has 3 nitrogen and oxygen atoms in total. The summed E-state index contributed by atoms with van der Waals surface area (Å²) in [6.45, 7) is 1.76. The minimum atomic E-state index is 0.161. The largest absolute Gasteiger partial charge is 0.339 e. The predicted molar refractivity (Wildman–Crippen MR) is 120 cm³/mol. The van der Waals surface area contributed by atoms with Crippen LogP contribution in [0.5, 0.6) is 0 Å². The van der Waals surface area contributed by atoms with E-state index in [-0.39, 0.29) is 5.91 Å². The molecule has 2 fully saturated rings. The lowest BCUT2D eigenvalue weighted by Gasteiger charge is -2.27. The van der Waals surface area contributed by atoms with Gasteiger partial charge in [0.2, 0.25) is 0 Å². The predicted octanol–water partition coefficient (Wildman–Crippen LogP) is 6.48. The van der Waals surface area contributed by atoms with Crippen LogP contribution in [0, 0.1) is 5.92 Å². The first-order chi connectivity index (χ1) is 14.3. The average Bonchev–Trinajstić information content (AvgIpc) is 2.96. The van der Waals surface area contributed by atoms with Crippen molar-refractivity contribution in [3.63, 3.8) is 0 Å². The molecule has 2 aliphatic heterocycles. The van der Waals surface area contributed by atoms with Crippen LogP contribution in [-0.4, -0.2) is 29.6 Å². The summed E-state index contributed by atoms with van der Waals surface area (Å²) in [5, 5.41) is 0. The highest BCUT2D eigenvalue weighted by Gasteiger charge is 2.26. The average molecular weight is 405 g/mol. The van der Waals surface area contributed by atoms with Crippen molar-refractivity contribution in [3.8, 4) is 0 Å². The van der Waals surface area contributed by atoms with E-state index < -0.39 is 0 Å². The number of fused-ring (bicyclic) bond motifs is 2. The molecule has 0 atom stereocenters. The maximum Gasteiger partial charge on any atom is 0.253 e. The molecule has 2 aromatic rings. The molecular formula is C25H28N2OS. The first kappa shape index (κ1) is 18.9. The number of likely N-dealkylation sites (tertiary alicyclic amines) is 1. The number of carbonyl (C=O) groups is 1. The van der Waals surface area contributed by atoms with Gasteiger partial charge in [-0.3, -0.25) is 9.79 Å². The zero-order valence-corrected chi connectivity index (χ0v) is 17.7. The number of nitrogens with zero attached hydrogens (tertiary/aromatic N) is 2. The Morgan fingerprint density at radius 3 is 2.48 bits per heavy atom. The van der Waals surface area contributed by atoms with Gasteiger partial charge in [-0.1, -0.05) is 49.2 Å². The molecule has 2 heterocycles. The van der Waals surface area contributed by atoms with Crippen molar-refractivity contribution >= 4 is 29.1 Å². The Balaban J connectivity index is 1.54. The Hall–Kier alpha value is -2.07. The minimum Gasteiger partial charge on any atom is -0.339 e. The van der Waals surface area contributed by atoms with Gasteiger partial charge < -0.3 is 4.90 Å². The van der Waals surface area contributed by atoms with Gasteiger partial charge >= 0.3 is 0 Å². The van der Waals surface area contributed by atoms with Crippen molar-refractivity contribution in [2.75, 3.05) is 13.1 Å². The van der Waals surface area contributed by atoms with Crippen molar-refractivity contribution in [2.24, 2.45) is 10.9 Å². The van der Waals surface area contributed by atoms with Crippen LogP contribution in [0.25, 0.3) is 0 Å². The lowest BCUT2D eigenvalue weighted by Crippen LogP contribution is -2.35. The fraction of sp³-hybridized carbons (Fsp3) is 0.440. The van der Waals surface area contributed by atoms with Gasteiger partial charge in [0.1, 0.15) is 0 Å². The quantitative estimate of drug-likeness (QED) is 0.574. The standard InChI is InChI=1S/C25H28N2OS/c28-25(27-15-7-2-8-16-27)19-13-14-23-21(17-19)26-24(18-9-3-1-4-10-18)20-11-5-6-12-22(20)29-23/h5-6,11-14,17-18H,1-4,7-10,15-16H2. The summed E-state index contributed by atoms with van der Waals surface area (Å²) in [5.41, 5.74) is 4.26. The van der Waals surface area contributed by atoms with Gasteiger partial charge in [0.05, 0.1) is 11.4 Å². The summed E-state index contributed by atoms with van der Waals surface area (Å²) in [7, 11) is 0. The smallest absolute Gasteiger partial charge is 0.253 e. The van der Waals surface area contributed by atoms with Crippen molar-refractivity contribution < 1.29 is 4.79 Å². The summed E-state index contributed by atoms with van der Waals surface area (Å²) in [6.07, 6.45) is 9.83. The maximum absolute atomic E-state index is 13.0. The van der Waals surface area contributed by atoms with Crippen molar-refractivity contribution in [1.82, 2.24) is 4.90 Å². The van der Waals surface area contributed by atoms with Crippen LogP contribution in [0.3, 0.4) is 0 Å². The van der Waals surface area contributed by atoms with E-state index in [1.165, 1.54) is 54.7 Å². The van der Waals surface area contributed by atoms with Gasteiger partial charge in [-0.2, -0.15) is 0 Å². The van der Waals surface area contributed by atoms with Crippen LogP contribution in [0.2, 0.25) is 0 Å². The Kier molecular flexibility index (Phi) is 5.45. The number of hydrogen-bond acceptors (Lipinski definition) is 3. The van der Waals surface area contributed by atoms with E-state index in [2.05, 4.69) is 30.3 Å². The highest BCUT2D eigenvalue weighted by atomic mass is 32.2. The maximum atomic E-state index is 13.0. The normalized spacial score (nSPS) is 19.7. The summed E-state index contributed by atoms with van der Waals surface area (Å²) in [5.74, 6) is 0.687. The topological polar surface area (TPSA) is 32.7 Å². The lowest BCUT2D eigenvalue weighted by atomic mass is 9.83. The Bertz CT molecular complexity index is 940. The molecule has 1 saturated carbocycles. The molecule has 1 saturated heterocycles. The summed E-state index contributed by atoms with van der Waals surface area (Å²) in [4.78, 5) is 22.7. The van der Waals surface area contributed by atoms with E-state index in [0.29, 0.717) is 5.92 Å². The van der Waals surface area contributed by atoms with Crippen LogP contribution in [-0.2, 0) is 0 Å². The lowest BCUT2D eigenvalue weighted by molar-refractivity contribution is 0.0724. The monoisotopic (exact) mass is 404 g/mol. The van der Waals surface area contributed by atoms with Crippen LogP contribution in [0.15, 0.2) is 57.2 Å². The molecule has 0 aromatic heterocycles. The first-order valence-electron chi connectivity index (χ1n) is 11.1. The zero-order chi connectivity index (χ0) is 19.6. The van der Waals surface area contributed by atoms with Crippen LogP contribution in [0.4, 0.5) is 5.69 Å². The van der Waals surface area contributed by atoms with Gasteiger partial charge in [-0.25, -0.2) is 0 Å². The Morgan fingerprint density at radius 2 is 1.66 bits per heavy atom. The molecular weight excluding hydrogens is 376 g/mol. The van der Waals surface area contributed by atoms with Crippen molar-refractivity contribution in [2.45, 2.75) is 61.2 Å². The molecule has 0 spiro atoms. The fourth-order valence-electron chi connectivity index (χ4n) is 4.87. The molecule has 4 heteroatoms. The van der Waals surface area contributed by atoms with Crippen LogP contribution >= 0.6 is 11.8 Å². The van der Waals surface area contributed by atoms with E-state index in [9.17, 15) is 4.79 Å². The highest BCUT2D eigenvalue weighted by Crippen LogP contribution is 2.43. The molecule has 5 rings (SSSR count). The summed E-state index contributed by atoms with van der Waals surface area (Å²) < 4.78 is 0. The SMILES string of the molecule is O=C(c1ccc2c(c1)N=C(C1CCCCC1)c1ccccc1S2)N1CCCCC1. The number of aliphatic imine (C=N–C) groups is 1. The fourth-order valence-corrected chi connectivity index (χ4v) is 5.88. The molecule has 0 unspecified atom stereocenters. The van der Waals surface area contributed by atoms with E-state index in [0.717, 1.165) is 42.1 Å². The molecule has 150 valence electrons. The molecule has 0 N–H and O–H groups in total. The summed E-state index contributed by atoms with van der Waals surface area (Å²) in [6, 6.07) is 14.8. The minimum absolute atomic E-state index is 0.161. The van der Waals surface area contributed by atoms with Crippen molar-refractivity contribution in [3.05, 3.63) is 53.6 Å². The second kappa shape index (κ2) is 8.35. The third kappa shape index (κ3) is 3.87. The van der Waals surface area contributed by atoms with E-state index in [1.807, 2.05) is 17.0 Å². The number of rotatable bonds is 2. The van der Waals surface area contributed by atoms with E-state index >= 15 is 0 Å². The van der Waals surface area contributed by atoms with Gasteiger partial charge in [-0.15, -0.1) is 0 Å². The third-order valence-electron chi connectivity index (χ3n) is 6.46. The van der Waals surface area contributed by atoms with Gasteiger partial charge in [0.25, 0.3) is 5.91 Å².